The first-order chi connectivity index (χ1) is 24.6. The van der Waals surface area contributed by atoms with Crippen LogP contribution in [0.25, 0.3) is 32.9 Å². The molecule has 0 spiro atoms. The Morgan fingerprint density at radius 1 is 0.731 bits per heavy atom. The zero-order chi connectivity index (χ0) is 37.8. The standard InChI is InChI=1S/C38H32Cl2N4O8/c1-5-43(21-12-7-6-8-13-21)36(49)29-33(46)28-26(42(4)34(29)47)18-17-23(31(28)40)20-11-9-14-22(19-20)44(38(2,51)52)37(50)30-32(45)27-24(39)15-10-16-25(27)41(3)35(30)48/h6-19,45-46,51-52H,5H2,1-4H3. The summed E-state index contributed by atoms with van der Waals surface area (Å²) in [5.74, 6) is -6.25. The van der Waals surface area contributed by atoms with Gasteiger partial charge in [0.1, 0.15) is 22.6 Å². The summed E-state index contributed by atoms with van der Waals surface area (Å²) >= 11 is 13.3. The molecule has 0 atom stereocenters. The summed E-state index contributed by atoms with van der Waals surface area (Å²) in [7, 11) is 2.83. The topological polar surface area (TPSA) is 166 Å². The molecule has 0 aliphatic carbocycles. The Labute approximate surface area is 306 Å². The summed E-state index contributed by atoms with van der Waals surface area (Å²) in [6.45, 7) is 2.84. The summed E-state index contributed by atoms with van der Waals surface area (Å²) in [6.07, 6.45) is 0. The monoisotopic (exact) mass is 742 g/mol. The zero-order valence-corrected chi connectivity index (χ0v) is 29.8. The van der Waals surface area contributed by atoms with Crippen molar-refractivity contribution in [3.8, 4) is 22.6 Å². The number of hydrogen-bond acceptors (Lipinski definition) is 8. The van der Waals surface area contributed by atoms with Gasteiger partial charge in [-0.15, -0.1) is 0 Å². The Kier molecular flexibility index (Phi) is 9.36. The number of fused-ring (bicyclic) bond motifs is 2. The third kappa shape index (κ3) is 5.85. The molecule has 0 saturated heterocycles. The van der Waals surface area contributed by atoms with Gasteiger partial charge in [-0.05, 0) is 55.0 Å². The van der Waals surface area contributed by atoms with Gasteiger partial charge in [-0.1, -0.05) is 65.7 Å². The van der Waals surface area contributed by atoms with E-state index in [9.17, 15) is 39.6 Å². The number of nitrogens with zero attached hydrogens (tertiary/aromatic N) is 4. The molecular formula is C38H32Cl2N4O8. The number of carbonyl (C=O) groups is 2. The van der Waals surface area contributed by atoms with Crippen molar-refractivity contribution in [3.05, 3.63) is 127 Å². The second-order valence-electron chi connectivity index (χ2n) is 12.2. The van der Waals surface area contributed by atoms with Crippen molar-refractivity contribution < 1.29 is 30.0 Å². The molecule has 0 fully saturated rings. The van der Waals surface area contributed by atoms with E-state index in [1.807, 2.05) is 0 Å². The van der Waals surface area contributed by atoms with Crippen molar-refractivity contribution in [2.24, 2.45) is 14.1 Å². The molecule has 2 heterocycles. The maximum absolute atomic E-state index is 14.1. The quantitative estimate of drug-likeness (QED) is 0.150. The number of anilines is 2. The minimum atomic E-state index is -2.90. The molecule has 0 saturated carbocycles. The summed E-state index contributed by atoms with van der Waals surface area (Å²) in [5, 5.41) is 44.5. The summed E-state index contributed by atoms with van der Waals surface area (Å²) in [4.78, 5) is 56.7. The second-order valence-corrected chi connectivity index (χ2v) is 13.0. The molecule has 4 aromatic carbocycles. The van der Waals surface area contributed by atoms with Crippen LogP contribution < -0.4 is 20.9 Å². The van der Waals surface area contributed by atoms with E-state index in [1.165, 1.54) is 60.0 Å². The minimum Gasteiger partial charge on any atom is -0.506 e. The molecule has 2 aromatic heterocycles. The van der Waals surface area contributed by atoms with Crippen molar-refractivity contribution in [1.82, 2.24) is 9.13 Å². The molecule has 52 heavy (non-hydrogen) atoms. The van der Waals surface area contributed by atoms with Gasteiger partial charge in [0, 0.05) is 44.5 Å². The summed E-state index contributed by atoms with van der Waals surface area (Å²) < 4.78 is 2.32. The van der Waals surface area contributed by atoms with Crippen LogP contribution in [-0.4, -0.2) is 53.8 Å². The second kappa shape index (κ2) is 13.5. The SMILES string of the molecule is CCN(C(=O)c1c(O)c2c(Cl)c(-c3cccc(N(C(=O)c4c(O)c5c(Cl)cccc5n(C)c4=O)C(C)(O)O)c3)ccc2n(C)c1=O)c1ccccc1. The molecule has 0 aliphatic rings. The normalized spacial score (nSPS) is 11.6. The van der Waals surface area contributed by atoms with Crippen LogP contribution in [0.5, 0.6) is 11.5 Å². The van der Waals surface area contributed by atoms with Gasteiger partial charge in [0.05, 0.1) is 31.9 Å². The predicted octanol–water partition coefficient (Wildman–Crippen LogP) is 5.75. The van der Waals surface area contributed by atoms with Gasteiger partial charge in [0.2, 0.25) is 5.91 Å². The first kappa shape index (κ1) is 36.1. The molecule has 12 nitrogen and oxygen atoms in total. The van der Waals surface area contributed by atoms with Crippen LogP contribution in [0, 0.1) is 0 Å². The molecule has 14 heteroatoms. The van der Waals surface area contributed by atoms with Gasteiger partial charge in [0.15, 0.2) is 0 Å². The molecular weight excluding hydrogens is 711 g/mol. The lowest BCUT2D eigenvalue weighted by atomic mass is 9.99. The predicted molar refractivity (Wildman–Crippen MR) is 201 cm³/mol. The van der Waals surface area contributed by atoms with Gasteiger partial charge < -0.3 is 34.5 Å². The lowest BCUT2D eigenvalue weighted by molar-refractivity contribution is -0.138. The van der Waals surface area contributed by atoms with Gasteiger partial charge in [-0.3, -0.25) is 24.1 Å². The van der Waals surface area contributed by atoms with Crippen LogP contribution in [-0.2, 0) is 14.1 Å². The fraction of sp³-hybridized carbons (Fsp3) is 0.158. The maximum atomic E-state index is 14.1. The molecule has 2 amide bonds. The molecule has 0 unspecified atom stereocenters. The molecule has 4 N–H and O–H groups in total. The molecule has 0 bridgehead atoms. The number of para-hydroxylation sites is 1. The van der Waals surface area contributed by atoms with Crippen molar-refractivity contribution >= 4 is 68.2 Å². The fourth-order valence-corrected chi connectivity index (χ4v) is 6.99. The Hall–Kier alpha value is -5.66. The number of rotatable bonds is 7. The lowest BCUT2D eigenvalue weighted by Gasteiger charge is -2.33. The van der Waals surface area contributed by atoms with Crippen LogP contribution in [0.1, 0.15) is 34.6 Å². The third-order valence-electron chi connectivity index (χ3n) is 8.92. The van der Waals surface area contributed by atoms with E-state index in [2.05, 4.69) is 0 Å². The van der Waals surface area contributed by atoms with E-state index in [0.29, 0.717) is 16.2 Å². The van der Waals surface area contributed by atoms with Crippen LogP contribution in [0.3, 0.4) is 0 Å². The average Bonchev–Trinajstić information content (AvgIpc) is 3.10. The highest BCUT2D eigenvalue weighted by Crippen LogP contribution is 2.41. The number of aryl methyl sites for hydroxylation is 2. The van der Waals surface area contributed by atoms with Crippen LogP contribution in [0.15, 0.2) is 94.5 Å². The van der Waals surface area contributed by atoms with E-state index in [1.54, 1.807) is 55.5 Å². The molecule has 0 aliphatic heterocycles. The Morgan fingerprint density at radius 2 is 1.29 bits per heavy atom. The van der Waals surface area contributed by atoms with Gasteiger partial charge in [-0.25, -0.2) is 0 Å². The number of benzene rings is 4. The number of pyridine rings is 2. The van der Waals surface area contributed by atoms with Crippen molar-refractivity contribution in [3.63, 3.8) is 0 Å². The third-order valence-corrected chi connectivity index (χ3v) is 9.63. The Bertz CT molecular complexity index is 2560. The van der Waals surface area contributed by atoms with Crippen molar-refractivity contribution in [2.75, 3.05) is 16.3 Å². The highest BCUT2D eigenvalue weighted by molar-refractivity contribution is 6.39. The van der Waals surface area contributed by atoms with Crippen molar-refractivity contribution in [2.45, 2.75) is 19.8 Å². The zero-order valence-electron chi connectivity index (χ0n) is 28.3. The smallest absolute Gasteiger partial charge is 0.271 e. The highest BCUT2D eigenvalue weighted by Gasteiger charge is 2.37. The van der Waals surface area contributed by atoms with Gasteiger partial charge >= 0.3 is 0 Å². The fourth-order valence-electron chi connectivity index (χ4n) is 6.38. The number of aromatic hydroxyl groups is 2. The average molecular weight is 744 g/mol. The minimum absolute atomic E-state index is 0.00248. The molecule has 266 valence electrons. The van der Waals surface area contributed by atoms with E-state index < -0.39 is 51.5 Å². The van der Waals surface area contributed by atoms with E-state index in [0.717, 1.165) is 11.5 Å². The van der Waals surface area contributed by atoms with Crippen molar-refractivity contribution in [1.29, 1.82) is 0 Å². The number of carbonyl (C=O) groups excluding carboxylic acids is 2. The number of aliphatic hydroxyl groups is 2. The van der Waals surface area contributed by atoms with Crippen LogP contribution in [0.2, 0.25) is 10.0 Å². The first-order valence-corrected chi connectivity index (χ1v) is 16.7. The van der Waals surface area contributed by atoms with Gasteiger partial charge in [0.25, 0.3) is 22.9 Å². The number of aromatic nitrogens is 2. The lowest BCUT2D eigenvalue weighted by Crippen LogP contribution is -2.51. The van der Waals surface area contributed by atoms with Gasteiger partial charge in [-0.2, -0.15) is 0 Å². The molecule has 6 aromatic rings. The number of amides is 2. The van der Waals surface area contributed by atoms with E-state index >= 15 is 0 Å². The Morgan fingerprint density at radius 3 is 1.90 bits per heavy atom. The summed E-state index contributed by atoms with van der Waals surface area (Å²) in [6, 6.07) is 22.2. The number of halogens is 2. The van der Waals surface area contributed by atoms with E-state index in [4.69, 9.17) is 23.2 Å². The highest BCUT2D eigenvalue weighted by atomic mass is 35.5. The van der Waals surface area contributed by atoms with Crippen LogP contribution in [0.4, 0.5) is 11.4 Å². The van der Waals surface area contributed by atoms with E-state index in [-0.39, 0.29) is 49.6 Å². The molecule has 6 rings (SSSR count). The Balaban J connectivity index is 1.51. The maximum Gasteiger partial charge on any atom is 0.271 e. The summed E-state index contributed by atoms with van der Waals surface area (Å²) in [5.41, 5.74) is -1.44. The first-order valence-electron chi connectivity index (χ1n) is 15.9. The van der Waals surface area contributed by atoms with Crippen LogP contribution >= 0.6 is 23.2 Å². The largest absolute Gasteiger partial charge is 0.506 e. The number of hydrogen-bond donors (Lipinski definition) is 4. The molecule has 0 radical (unpaired) electrons.